The maximum Gasteiger partial charge on any atom is 0.307 e. The van der Waals surface area contributed by atoms with Crippen molar-refractivity contribution in [3.63, 3.8) is 0 Å². The number of piperidine rings is 1. The molecule has 2 N–H and O–H groups in total. The molecule has 1 rings (SSSR count). The average Bonchev–Trinajstić information content (AvgIpc) is 2.12. The lowest BCUT2D eigenvalue weighted by atomic mass is 10.1. The summed E-state index contributed by atoms with van der Waals surface area (Å²) in [6, 6.07) is 0.271. The average molecular weight is 228 g/mol. The van der Waals surface area contributed by atoms with Crippen molar-refractivity contribution in [3.8, 4) is 0 Å². The summed E-state index contributed by atoms with van der Waals surface area (Å²) in [5.41, 5.74) is 5.50. The van der Waals surface area contributed by atoms with Crippen molar-refractivity contribution in [3.05, 3.63) is 0 Å². The molecule has 0 aliphatic carbocycles. The minimum absolute atomic E-state index is 0.119. The Morgan fingerprint density at radius 3 is 2.75 bits per heavy atom. The summed E-state index contributed by atoms with van der Waals surface area (Å²) in [4.78, 5) is 13.8. The predicted molar refractivity (Wildman–Crippen MR) is 64.1 cm³/mol. The Balaban J connectivity index is 2.21. The standard InChI is InChI=1S/C12H24N2O2/c1-12(2,3)16-11(15)6-8-14-7-4-5-10(13)9-14/h10H,4-9,13H2,1-3H3. The van der Waals surface area contributed by atoms with E-state index in [4.69, 9.17) is 10.5 Å². The molecule has 16 heavy (non-hydrogen) atoms. The maximum absolute atomic E-state index is 11.5. The highest BCUT2D eigenvalue weighted by Gasteiger charge is 2.19. The highest BCUT2D eigenvalue weighted by atomic mass is 16.6. The van der Waals surface area contributed by atoms with Gasteiger partial charge in [0.25, 0.3) is 0 Å². The largest absolute Gasteiger partial charge is 0.460 e. The first-order chi connectivity index (χ1) is 7.37. The van der Waals surface area contributed by atoms with Crippen LogP contribution >= 0.6 is 0 Å². The summed E-state index contributed by atoms with van der Waals surface area (Å²) in [6.07, 6.45) is 2.70. The van der Waals surface area contributed by atoms with Gasteiger partial charge in [0.2, 0.25) is 0 Å². The molecule has 1 heterocycles. The van der Waals surface area contributed by atoms with Gasteiger partial charge in [0.05, 0.1) is 6.42 Å². The van der Waals surface area contributed by atoms with Gasteiger partial charge in [0.1, 0.15) is 5.60 Å². The third kappa shape index (κ3) is 5.47. The van der Waals surface area contributed by atoms with E-state index >= 15 is 0 Å². The van der Waals surface area contributed by atoms with Gasteiger partial charge in [-0.2, -0.15) is 0 Å². The second-order valence-electron chi connectivity index (χ2n) is 5.54. The van der Waals surface area contributed by atoms with E-state index in [9.17, 15) is 4.79 Å². The number of nitrogens with zero attached hydrogens (tertiary/aromatic N) is 1. The zero-order valence-corrected chi connectivity index (χ0v) is 10.7. The Bertz CT molecular complexity index is 236. The first-order valence-electron chi connectivity index (χ1n) is 6.06. The number of rotatable bonds is 3. The lowest BCUT2D eigenvalue weighted by molar-refractivity contribution is -0.155. The van der Waals surface area contributed by atoms with E-state index in [1.165, 1.54) is 0 Å². The minimum atomic E-state index is -0.380. The zero-order valence-electron chi connectivity index (χ0n) is 10.7. The van der Waals surface area contributed by atoms with Gasteiger partial charge in [-0.05, 0) is 40.2 Å². The van der Waals surface area contributed by atoms with Gasteiger partial charge in [0.15, 0.2) is 0 Å². The molecule has 1 atom stereocenters. The molecule has 0 amide bonds. The van der Waals surface area contributed by atoms with E-state index in [-0.39, 0.29) is 17.6 Å². The van der Waals surface area contributed by atoms with E-state index in [0.717, 1.165) is 32.5 Å². The molecule has 0 saturated carbocycles. The van der Waals surface area contributed by atoms with Crippen molar-refractivity contribution in [1.29, 1.82) is 0 Å². The molecule has 0 aromatic carbocycles. The van der Waals surface area contributed by atoms with Crippen LogP contribution in [0.3, 0.4) is 0 Å². The molecule has 1 unspecified atom stereocenters. The molecular weight excluding hydrogens is 204 g/mol. The highest BCUT2D eigenvalue weighted by Crippen LogP contribution is 2.11. The van der Waals surface area contributed by atoms with E-state index in [1.54, 1.807) is 0 Å². The van der Waals surface area contributed by atoms with Gasteiger partial charge >= 0.3 is 5.97 Å². The Morgan fingerprint density at radius 2 is 2.19 bits per heavy atom. The Morgan fingerprint density at radius 1 is 1.50 bits per heavy atom. The molecule has 0 aromatic rings. The quantitative estimate of drug-likeness (QED) is 0.736. The van der Waals surface area contributed by atoms with Gasteiger partial charge in [-0.15, -0.1) is 0 Å². The number of ether oxygens (including phenoxy) is 1. The number of hydrogen-bond donors (Lipinski definition) is 1. The third-order valence-electron chi connectivity index (χ3n) is 2.59. The molecule has 0 spiro atoms. The third-order valence-corrected chi connectivity index (χ3v) is 2.59. The van der Waals surface area contributed by atoms with Gasteiger partial charge in [-0.25, -0.2) is 0 Å². The first kappa shape index (κ1) is 13.5. The van der Waals surface area contributed by atoms with E-state index in [2.05, 4.69) is 4.90 Å². The molecule has 1 aliphatic heterocycles. The maximum atomic E-state index is 11.5. The smallest absolute Gasteiger partial charge is 0.307 e. The van der Waals surface area contributed by atoms with E-state index in [1.807, 2.05) is 20.8 Å². The molecular formula is C12H24N2O2. The highest BCUT2D eigenvalue weighted by molar-refractivity contribution is 5.70. The van der Waals surface area contributed by atoms with Crippen molar-refractivity contribution >= 4 is 5.97 Å². The first-order valence-corrected chi connectivity index (χ1v) is 6.06. The Labute approximate surface area is 98.1 Å². The fraction of sp³-hybridized carbons (Fsp3) is 0.917. The van der Waals surface area contributed by atoms with Crippen molar-refractivity contribution in [1.82, 2.24) is 4.90 Å². The number of likely N-dealkylation sites (tertiary alicyclic amines) is 1. The van der Waals surface area contributed by atoms with Crippen LogP contribution < -0.4 is 5.73 Å². The minimum Gasteiger partial charge on any atom is -0.460 e. The van der Waals surface area contributed by atoms with Gasteiger partial charge in [-0.3, -0.25) is 4.79 Å². The van der Waals surface area contributed by atoms with Gasteiger partial charge in [0, 0.05) is 19.1 Å². The summed E-state index contributed by atoms with van der Waals surface area (Å²) in [5, 5.41) is 0. The summed E-state index contributed by atoms with van der Waals surface area (Å²) in [6.45, 7) is 8.40. The van der Waals surface area contributed by atoms with Crippen LogP contribution in [0.25, 0.3) is 0 Å². The van der Waals surface area contributed by atoms with Gasteiger partial charge in [-0.1, -0.05) is 0 Å². The molecule has 94 valence electrons. The van der Waals surface area contributed by atoms with Crippen LogP contribution in [0.4, 0.5) is 0 Å². The summed E-state index contributed by atoms with van der Waals surface area (Å²) in [5.74, 6) is -0.119. The topological polar surface area (TPSA) is 55.6 Å². The second kappa shape index (κ2) is 5.64. The van der Waals surface area contributed by atoms with Crippen molar-refractivity contribution in [2.45, 2.75) is 51.7 Å². The Hall–Kier alpha value is -0.610. The van der Waals surface area contributed by atoms with Crippen LogP contribution in [0.1, 0.15) is 40.0 Å². The van der Waals surface area contributed by atoms with E-state index in [0.29, 0.717) is 6.42 Å². The number of carbonyl (C=O) groups excluding carboxylic acids is 1. The number of carbonyl (C=O) groups is 1. The lowest BCUT2D eigenvalue weighted by Gasteiger charge is -2.30. The molecule has 4 heteroatoms. The molecule has 1 saturated heterocycles. The summed E-state index contributed by atoms with van der Waals surface area (Å²) >= 11 is 0. The lowest BCUT2D eigenvalue weighted by Crippen LogP contribution is -2.43. The van der Waals surface area contributed by atoms with Crippen LogP contribution in [0.5, 0.6) is 0 Å². The fourth-order valence-electron chi connectivity index (χ4n) is 1.94. The molecule has 1 fully saturated rings. The normalized spacial score (nSPS) is 23.1. The monoisotopic (exact) mass is 228 g/mol. The fourth-order valence-corrected chi connectivity index (χ4v) is 1.94. The van der Waals surface area contributed by atoms with Crippen LogP contribution in [0.2, 0.25) is 0 Å². The van der Waals surface area contributed by atoms with Crippen LogP contribution in [0.15, 0.2) is 0 Å². The van der Waals surface area contributed by atoms with Crippen molar-refractivity contribution in [2.75, 3.05) is 19.6 Å². The van der Waals surface area contributed by atoms with Crippen LogP contribution in [-0.2, 0) is 9.53 Å². The number of esters is 1. The molecule has 0 aromatic heterocycles. The van der Waals surface area contributed by atoms with Crippen molar-refractivity contribution < 1.29 is 9.53 Å². The molecule has 0 bridgehead atoms. The van der Waals surface area contributed by atoms with E-state index < -0.39 is 0 Å². The van der Waals surface area contributed by atoms with Crippen molar-refractivity contribution in [2.24, 2.45) is 5.73 Å². The number of nitrogens with two attached hydrogens (primary N) is 1. The summed E-state index contributed by atoms with van der Waals surface area (Å²) < 4.78 is 5.26. The molecule has 4 nitrogen and oxygen atoms in total. The predicted octanol–water partition coefficient (Wildman–Crippen LogP) is 1.14. The molecule has 1 aliphatic rings. The van der Waals surface area contributed by atoms with Crippen LogP contribution in [0, 0.1) is 0 Å². The Kier molecular flexibility index (Phi) is 4.74. The second-order valence-corrected chi connectivity index (χ2v) is 5.54. The number of hydrogen-bond acceptors (Lipinski definition) is 4. The molecule has 0 radical (unpaired) electrons. The zero-order chi connectivity index (χ0) is 12.2. The SMILES string of the molecule is CC(C)(C)OC(=O)CCN1CCCC(N)C1. The van der Waals surface area contributed by atoms with Gasteiger partial charge < -0.3 is 15.4 Å². The summed E-state index contributed by atoms with van der Waals surface area (Å²) in [7, 11) is 0. The van der Waals surface area contributed by atoms with Crippen LogP contribution in [-0.4, -0.2) is 42.1 Å².